The van der Waals surface area contributed by atoms with Crippen LogP contribution < -0.4 is 16.0 Å². The molecule has 4 aromatic rings. The van der Waals surface area contributed by atoms with E-state index >= 15 is 0 Å². The monoisotopic (exact) mass is 405 g/mol. The number of ether oxygens (including phenoxy) is 1. The number of aryl methyl sites for hydroxylation is 1. The van der Waals surface area contributed by atoms with Crippen molar-refractivity contribution in [3.05, 3.63) is 81.1 Å². The van der Waals surface area contributed by atoms with Gasteiger partial charge >= 0.3 is 5.69 Å². The second kappa shape index (κ2) is 8.82. The molecule has 0 aliphatic carbocycles. The van der Waals surface area contributed by atoms with Crippen molar-refractivity contribution in [2.24, 2.45) is 0 Å². The maximum atomic E-state index is 11.8. The van der Waals surface area contributed by atoms with Gasteiger partial charge in [0.25, 0.3) is 5.56 Å². The number of hydrogen-bond acceptors (Lipinski definition) is 5. The summed E-state index contributed by atoms with van der Waals surface area (Å²) in [5, 5.41) is 5.26. The summed E-state index contributed by atoms with van der Waals surface area (Å²) in [6, 6.07) is 15.2. The molecule has 1 N–H and O–H groups in total. The minimum absolute atomic E-state index is 0.292. The summed E-state index contributed by atoms with van der Waals surface area (Å²) in [5.41, 5.74) is 2.82. The molecule has 0 fully saturated rings. The Morgan fingerprint density at radius 1 is 1.10 bits per heavy atom. The molecule has 7 heteroatoms. The second-order valence-electron chi connectivity index (χ2n) is 7.04. The predicted octanol–water partition coefficient (Wildman–Crippen LogP) is 3.77. The Balaban J connectivity index is 1.54. The van der Waals surface area contributed by atoms with Gasteiger partial charge in [-0.25, -0.2) is 4.79 Å². The lowest BCUT2D eigenvalue weighted by Crippen LogP contribution is -2.34. The molecule has 0 atom stereocenters. The van der Waals surface area contributed by atoms with Crippen molar-refractivity contribution in [2.45, 2.75) is 32.7 Å². The highest BCUT2D eigenvalue weighted by atomic mass is 16.5. The molecule has 0 bridgehead atoms. The number of benzene rings is 2. The smallest absolute Gasteiger partial charge is 0.328 e. The molecule has 0 saturated carbocycles. The first-order valence-corrected chi connectivity index (χ1v) is 10.1. The fourth-order valence-corrected chi connectivity index (χ4v) is 3.54. The number of nitrogens with zero attached hydrogens (tertiary/aromatic N) is 2. The summed E-state index contributed by atoms with van der Waals surface area (Å²) in [7, 11) is 0. The molecule has 0 aliphatic rings. The van der Waals surface area contributed by atoms with Crippen LogP contribution in [0, 0.1) is 0 Å². The van der Waals surface area contributed by atoms with Crippen LogP contribution in [-0.4, -0.2) is 21.3 Å². The van der Waals surface area contributed by atoms with Gasteiger partial charge in [0, 0.05) is 29.9 Å². The molecule has 7 nitrogen and oxygen atoms in total. The largest absolute Gasteiger partial charge is 0.493 e. The number of fused-ring (bicyclic) bond motifs is 1. The lowest BCUT2D eigenvalue weighted by molar-refractivity contribution is 0.296. The highest BCUT2D eigenvalue weighted by molar-refractivity contribution is 5.94. The number of rotatable bonds is 8. The van der Waals surface area contributed by atoms with Crippen molar-refractivity contribution in [2.75, 3.05) is 6.61 Å². The Morgan fingerprint density at radius 3 is 2.70 bits per heavy atom. The molecule has 0 spiro atoms. The van der Waals surface area contributed by atoms with Crippen LogP contribution in [-0.2, 0) is 13.0 Å². The highest BCUT2D eigenvalue weighted by Crippen LogP contribution is 2.35. The number of aromatic nitrogens is 3. The Labute approximate surface area is 172 Å². The Morgan fingerprint density at radius 2 is 1.93 bits per heavy atom. The van der Waals surface area contributed by atoms with E-state index in [1.807, 2.05) is 42.5 Å². The fourth-order valence-electron chi connectivity index (χ4n) is 3.54. The lowest BCUT2D eigenvalue weighted by atomic mass is 10.0. The summed E-state index contributed by atoms with van der Waals surface area (Å²) in [6.07, 6.45) is 3.62. The van der Waals surface area contributed by atoms with Gasteiger partial charge in [-0.05, 0) is 25.0 Å². The van der Waals surface area contributed by atoms with E-state index in [4.69, 9.17) is 9.26 Å². The van der Waals surface area contributed by atoms with Crippen molar-refractivity contribution < 1.29 is 9.26 Å². The van der Waals surface area contributed by atoms with Gasteiger partial charge in [0.2, 0.25) is 0 Å². The molecule has 0 amide bonds. The average molecular weight is 405 g/mol. The maximum absolute atomic E-state index is 11.8. The van der Waals surface area contributed by atoms with Crippen LogP contribution in [0.2, 0.25) is 0 Å². The number of H-pyrrole nitrogens is 1. The van der Waals surface area contributed by atoms with Crippen molar-refractivity contribution >= 4 is 11.0 Å². The van der Waals surface area contributed by atoms with E-state index in [1.165, 1.54) is 16.8 Å². The summed E-state index contributed by atoms with van der Waals surface area (Å²) >= 11 is 0. The van der Waals surface area contributed by atoms with E-state index in [9.17, 15) is 9.59 Å². The average Bonchev–Trinajstić information content (AvgIpc) is 3.19. The van der Waals surface area contributed by atoms with E-state index < -0.39 is 5.69 Å². The molecule has 2 heterocycles. The van der Waals surface area contributed by atoms with E-state index in [2.05, 4.69) is 17.1 Å². The van der Waals surface area contributed by atoms with Gasteiger partial charge in [-0.2, -0.15) is 0 Å². The third-order valence-corrected chi connectivity index (χ3v) is 4.98. The Bertz CT molecular complexity index is 1230. The third kappa shape index (κ3) is 3.91. The Kier molecular flexibility index (Phi) is 5.79. The summed E-state index contributed by atoms with van der Waals surface area (Å²) in [4.78, 5) is 26.1. The van der Waals surface area contributed by atoms with E-state index in [-0.39, 0.29) is 5.56 Å². The number of hydrogen-bond donors (Lipinski definition) is 1. The molecule has 154 valence electrons. The van der Waals surface area contributed by atoms with Gasteiger partial charge in [0.15, 0.2) is 5.58 Å². The van der Waals surface area contributed by atoms with Crippen LogP contribution in [0.1, 0.15) is 25.3 Å². The van der Waals surface area contributed by atoms with E-state index in [1.54, 1.807) is 0 Å². The molecule has 0 aliphatic heterocycles. The van der Waals surface area contributed by atoms with Gasteiger partial charge in [-0.15, -0.1) is 0 Å². The first-order chi connectivity index (χ1) is 14.7. The van der Waals surface area contributed by atoms with Crippen LogP contribution in [0.3, 0.4) is 0 Å². The molecule has 4 rings (SSSR count). The topological polar surface area (TPSA) is 90.1 Å². The molecule has 0 radical (unpaired) electrons. The van der Waals surface area contributed by atoms with Crippen LogP contribution in [0.15, 0.2) is 68.8 Å². The molecule has 0 unspecified atom stereocenters. The molecule has 2 aromatic heterocycles. The van der Waals surface area contributed by atoms with Crippen molar-refractivity contribution in [3.63, 3.8) is 0 Å². The molecule has 0 saturated heterocycles. The number of nitrogens with one attached hydrogen (secondary N) is 1. The fraction of sp³-hybridized carbons (Fsp3) is 0.261. The van der Waals surface area contributed by atoms with Crippen LogP contribution in [0.4, 0.5) is 0 Å². The minimum Gasteiger partial charge on any atom is -0.493 e. The third-order valence-electron chi connectivity index (χ3n) is 4.98. The second-order valence-corrected chi connectivity index (χ2v) is 7.04. The van der Waals surface area contributed by atoms with E-state index in [0.717, 1.165) is 46.4 Å². The lowest BCUT2D eigenvalue weighted by Gasteiger charge is -2.11. The number of aromatic amines is 1. The van der Waals surface area contributed by atoms with Crippen LogP contribution in [0.5, 0.6) is 5.75 Å². The van der Waals surface area contributed by atoms with Gasteiger partial charge < -0.3 is 14.2 Å². The van der Waals surface area contributed by atoms with Gasteiger partial charge in [-0.3, -0.25) is 9.36 Å². The molecule has 30 heavy (non-hydrogen) atoms. The highest BCUT2D eigenvalue weighted by Gasteiger charge is 2.17. The van der Waals surface area contributed by atoms with Crippen molar-refractivity contribution in [3.8, 4) is 17.0 Å². The Hall–Kier alpha value is -3.61. The van der Waals surface area contributed by atoms with Gasteiger partial charge in [-0.1, -0.05) is 48.8 Å². The molecule has 2 aromatic carbocycles. The van der Waals surface area contributed by atoms with Crippen molar-refractivity contribution in [1.82, 2.24) is 14.7 Å². The normalized spacial score (nSPS) is 11.1. The zero-order valence-corrected chi connectivity index (χ0v) is 16.8. The summed E-state index contributed by atoms with van der Waals surface area (Å²) in [6.45, 7) is 2.77. The molecular weight excluding hydrogens is 382 g/mol. The van der Waals surface area contributed by atoms with Crippen LogP contribution in [0.25, 0.3) is 22.2 Å². The zero-order valence-electron chi connectivity index (χ0n) is 16.8. The van der Waals surface area contributed by atoms with Crippen LogP contribution >= 0.6 is 0 Å². The quantitative estimate of drug-likeness (QED) is 0.451. The maximum Gasteiger partial charge on any atom is 0.328 e. The first kappa shape index (κ1) is 19.7. The van der Waals surface area contributed by atoms with Gasteiger partial charge in [0.05, 0.1) is 12.0 Å². The van der Waals surface area contributed by atoms with E-state index in [0.29, 0.717) is 19.6 Å². The summed E-state index contributed by atoms with van der Waals surface area (Å²) in [5.74, 6) is 0.745. The van der Waals surface area contributed by atoms with Crippen molar-refractivity contribution in [1.29, 1.82) is 0 Å². The standard InChI is InChI=1S/C23H23N3O4/c1-2-7-17-19(29-15-6-14-26-20(27)12-13-24-23(26)28)11-10-18-21(25-30-22(17)18)16-8-4-3-5-9-16/h3-5,8-13H,2,6-7,14-15H2,1H3,(H,24,28). The molecular formula is C23H23N3O4. The first-order valence-electron chi connectivity index (χ1n) is 10.1. The zero-order chi connectivity index (χ0) is 20.9. The minimum atomic E-state index is -0.411. The SMILES string of the molecule is CCCc1c(OCCCn2c(=O)cc[nH]c2=O)ccc2c(-c3ccccc3)noc12. The van der Waals surface area contributed by atoms with Gasteiger partial charge in [0.1, 0.15) is 11.4 Å². The summed E-state index contributed by atoms with van der Waals surface area (Å²) < 4.78 is 12.9. The predicted molar refractivity (Wildman–Crippen MR) is 115 cm³/mol.